The molecule has 0 aliphatic carbocycles. The molecule has 1 aliphatic heterocycles. The largest absolute Gasteiger partial charge is 0.481 e. The van der Waals surface area contributed by atoms with E-state index in [1.54, 1.807) is 0 Å². The Kier molecular flexibility index (Phi) is 5.66. The molecule has 13 heavy (non-hydrogen) atoms. The van der Waals surface area contributed by atoms with Gasteiger partial charge in [-0.3, -0.25) is 9.59 Å². The van der Waals surface area contributed by atoms with Crippen LogP contribution in [-0.4, -0.2) is 29.9 Å². The van der Waals surface area contributed by atoms with Crippen LogP contribution < -0.4 is 5.32 Å². The van der Waals surface area contributed by atoms with Crippen molar-refractivity contribution in [2.45, 2.75) is 19.3 Å². The third kappa shape index (κ3) is 4.24. The number of nitrogens with one attached hydrogen (secondary N) is 1. The molecule has 1 unspecified atom stereocenters. The molecule has 5 heteroatoms. The first kappa shape index (κ1) is 12.4. The molecule has 1 aliphatic rings. The molecule has 0 saturated carbocycles. The lowest BCUT2D eigenvalue weighted by Crippen LogP contribution is -2.37. The van der Waals surface area contributed by atoms with Crippen LogP contribution in [0.25, 0.3) is 0 Å². The molecule has 0 aromatic heterocycles. The van der Waals surface area contributed by atoms with Gasteiger partial charge in [-0.25, -0.2) is 0 Å². The summed E-state index contributed by atoms with van der Waals surface area (Å²) in [6, 6.07) is 0. The van der Waals surface area contributed by atoms with Gasteiger partial charge in [0.05, 0.1) is 0 Å². The maximum atomic E-state index is 11.2. The first-order valence-electron chi connectivity index (χ1n) is 4.15. The van der Waals surface area contributed by atoms with Crippen molar-refractivity contribution in [1.82, 2.24) is 5.32 Å². The van der Waals surface area contributed by atoms with Gasteiger partial charge in [0.1, 0.15) is 5.78 Å². The second-order valence-corrected chi connectivity index (χ2v) is 3.05. The Morgan fingerprint density at radius 3 is 2.85 bits per heavy atom. The van der Waals surface area contributed by atoms with Crippen LogP contribution in [0.5, 0.6) is 0 Å². The Morgan fingerprint density at radius 2 is 2.31 bits per heavy atom. The molecule has 76 valence electrons. The molecule has 0 bridgehead atoms. The van der Waals surface area contributed by atoms with Crippen molar-refractivity contribution >= 4 is 24.2 Å². The van der Waals surface area contributed by atoms with E-state index in [1.807, 2.05) is 0 Å². The highest BCUT2D eigenvalue weighted by Crippen LogP contribution is 2.12. The number of carboxylic acids is 1. The predicted octanol–water partition coefficient (Wildman–Crippen LogP) is 0.452. The minimum absolute atomic E-state index is 0. The monoisotopic (exact) mass is 207 g/mol. The summed E-state index contributed by atoms with van der Waals surface area (Å²) in [6.45, 7) is 1.38. The maximum absolute atomic E-state index is 11.2. The summed E-state index contributed by atoms with van der Waals surface area (Å²) in [5, 5.41) is 11.5. The maximum Gasteiger partial charge on any atom is 0.303 e. The summed E-state index contributed by atoms with van der Waals surface area (Å²) in [4.78, 5) is 21.4. The van der Waals surface area contributed by atoms with Gasteiger partial charge < -0.3 is 10.4 Å². The van der Waals surface area contributed by atoms with Crippen LogP contribution in [0.1, 0.15) is 19.3 Å². The number of Topliss-reactive ketones (excluding diaryl/α,β-unsaturated/α-hetero) is 1. The molecule has 2 N–H and O–H groups in total. The van der Waals surface area contributed by atoms with Gasteiger partial charge in [-0.2, -0.15) is 0 Å². The lowest BCUT2D eigenvalue weighted by atomic mass is 9.93. The summed E-state index contributed by atoms with van der Waals surface area (Å²) in [5.41, 5.74) is 0. The average molecular weight is 208 g/mol. The summed E-state index contributed by atoms with van der Waals surface area (Å²) in [5.74, 6) is -0.696. The second kappa shape index (κ2) is 5.94. The molecule has 0 aromatic rings. The quantitative estimate of drug-likeness (QED) is 0.706. The Morgan fingerprint density at radius 1 is 1.62 bits per heavy atom. The van der Waals surface area contributed by atoms with E-state index in [1.165, 1.54) is 0 Å². The zero-order chi connectivity index (χ0) is 8.97. The molecule has 4 nitrogen and oxygen atoms in total. The zero-order valence-electron chi connectivity index (χ0n) is 7.28. The van der Waals surface area contributed by atoms with Crippen molar-refractivity contribution in [3.8, 4) is 0 Å². The van der Waals surface area contributed by atoms with E-state index in [4.69, 9.17) is 5.11 Å². The number of carboxylic acid groups (broad SMARTS) is 1. The predicted molar refractivity (Wildman–Crippen MR) is 50.1 cm³/mol. The van der Waals surface area contributed by atoms with E-state index in [9.17, 15) is 9.59 Å². The Bertz CT molecular complexity index is 196. The van der Waals surface area contributed by atoms with Crippen LogP contribution in [-0.2, 0) is 9.59 Å². The van der Waals surface area contributed by atoms with E-state index >= 15 is 0 Å². The Labute approximate surface area is 83.1 Å². The number of rotatable bonds is 3. The number of aliphatic carboxylic acids is 1. The SMILES string of the molecule is Cl.O=C(O)CCC1CNCCC1=O. The fourth-order valence-corrected chi connectivity index (χ4v) is 1.37. The van der Waals surface area contributed by atoms with Crippen LogP contribution in [0, 0.1) is 5.92 Å². The fraction of sp³-hybridized carbons (Fsp3) is 0.750. The smallest absolute Gasteiger partial charge is 0.303 e. The fourth-order valence-electron chi connectivity index (χ4n) is 1.37. The van der Waals surface area contributed by atoms with Gasteiger partial charge in [0.15, 0.2) is 0 Å². The molecule has 0 aromatic carbocycles. The minimum atomic E-state index is -0.826. The van der Waals surface area contributed by atoms with Gasteiger partial charge in [0.2, 0.25) is 0 Å². The van der Waals surface area contributed by atoms with Crippen LogP contribution in [0.4, 0.5) is 0 Å². The van der Waals surface area contributed by atoms with Crippen LogP contribution in [0.2, 0.25) is 0 Å². The van der Waals surface area contributed by atoms with Crippen LogP contribution in [0.15, 0.2) is 0 Å². The van der Waals surface area contributed by atoms with Crippen molar-refractivity contribution in [1.29, 1.82) is 0 Å². The number of carbonyl (C=O) groups excluding carboxylic acids is 1. The zero-order valence-corrected chi connectivity index (χ0v) is 8.10. The van der Waals surface area contributed by atoms with Crippen molar-refractivity contribution < 1.29 is 14.7 Å². The summed E-state index contributed by atoms with van der Waals surface area (Å²) in [6.07, 6.45) is 1.11. The van der Waals surface area contributed by atoms with Gasteiger partial charge in [-0.05, 0) is 6.42 Å². The molecular formula is C8H14ClNO3. The summed E-state index contributed by atoms with van der Waals surface area (Å²) in [7, 11) is 0. The van der Waals surface area contributed by atoms with Gasteiger partial charge in [0.25, 0.3) is 0 Å². The standard InChI is InChI=1S/C8H13NO3.ClH/c10-7-3-4-9-5-6(7)1-2-8(11)12;/h6,9H,1-5H2,(H,11,12);1H. The molecule has 1 atom stereocenters. The topological polar surface area (TPSA) is 66.4 Å². The highest BCUT2D eigenvalue weighted by Gasteiger charge is 2.21. The molecule has 1 saturated heterocycles. The van der Waals surface area contributed by atoms with Crippen LogP contribution >= 0.6 is 12.4 Å². The van der Waals surface area contributed by atoms with Gasteiger partial charge in [0, 0.05) is 31.8 Å². The van der Waals surface area contributed by atoms with E-state index in [0.29, 0.717) is 19.4 Å². The average Bonchev–Trinajstić information content (AvgIpc) is 2.03. The van der Waals surface area contributed by atoms with E-state index in [-0.39, 0.29) is 30.5 Å². The molecule has 0 amide bonds. The van der Waals surface area contributed by atoms with Crippen molar-refractivity contribution in [3.63, 3.8) is 0 Å². The second-order valence-electron chi connectivity index (χ2n) is 3.05. The van der Waals surface area contributed by atoms with E-state index in [0.717, 1.165) is 6.54 Å². The first-order valence-corrected chi connectivity index (χ1v) is 4.15. The number of ketones is 1. The van der Waals surface area contributed by atoms with Crippen molar-refractivity contribution in [2.75, 3.05) is 13.1 Å². The van der Waals surface area contributed by atoms with Gasteiger partial charge in [-0.1, -0.05) is 0 Å². The normalized spacial score (nSPS) is 22.2. The van der Waals surface area contributed by atoms with E-state index in [2.05, 4.69) is 5.32 Å². The third-order valence-corrected chi connectivity index (χ3v) is 2.10. The number of piperidine rings is 1. The molecule has 1 fully saturated rings. The number of carbonyl (C=O) groups is 2. The summed E-state index contributed by atoms with van der Waals surface area (Å²) >= 11 is 0. The molecule has 1 rings (SSSR count). The van der Waals surface area contributed by atoms with Crippen LogP contribution in [0.3, 0.4) is 0 Å². The molecule has 0 spiro atoms. The molecular weight excluding hydrogens is 194 g/mol. The van der Waals surface area contributed by atoms with Gasteiger partial charge in [-0.15, -0.1) is 12.4 Å². The number of halogens is 1. The minimum Gasteiger partial charge on any atom is -0.481 e. The molecule has 1 heterocycles. The van der Waals surface area contributed by atoms with Crippen molar-refractivity contribution in [2.24, 2.45) is 5.92 Å². The number of hydrogen-bond donors (Lipinski definition) is 2. The molecule has 0 radical (unpaired) electrons. The van der Waals surface area contributed by atoms with Crippen molar-refractivity contribution in [3.05, 3.63) is 0 Å². The first-order chi connectivity index (χ1) is 5.70. The highest BCUT2D eigenvalue weighted by atomic mass is 35.5. The highest BCUT2D eigenvalue weighted by molar-refractivity contribution is 5.85. The Hall–Kier alpha value is -0.610. The summed E-state index contributed by atoms with van der Waals surface area (Å²) < 4.78 is 0. The van der Waals surface area contributed by atoms with Gasteiger partial charge >= 0.3 is 5.97 Å². The number of hydrogen-bond acceptors (Lipinski definition) is 3. The van der Waals surface area contributed by atoms with E-state index < -0.39 is 5.97 Å². The lowest BCUT2D eigenvalue weighted by Gasteiger charge is -2.20. The third-order valence-electron chi connectivity index (χ3n) is 2.10. The lowest BCUT2D eigenvalue weighted by molar-refractivity contribution is -0.137. The Balaban J connectivity index is 0.00000144.